The van der Waals surface area contributed by atoms with E-state index in [1.807, 2.05) is 42.5 Å². The van der Waals surface area contributed by atoms with Gasteiger partial charge in [0.15, 0.2) is 17.5 Å². The van der Waals surface area contributed by atoms with Gasteiger partial charge in [-0.25, -0.2) is 15.0 Å². The highest BCUT2D eigenvalue weighted by Crippen LogP contribution is 2.42. The van der Waals surface area contributed by atoms with E-state index in [-0.39, 0.29) is 0 Å². The van der Waals surface area contributed by atoms with Gasteiger partial charge in [0, 0.05) is 43.6 Å². The Morgan fingerprint density at radius 1 is 0.293 bits per heavy atom. The van der Waals surface area contributed by atoms with Crippen molar-refractivity contribution in [3.8, 4) is 56.4 Å². The average molecular weight is 742 g/mol. The van der Waals surface area contributed by atoms with E-state index in [0.717, 1.165) is 93.2 Å². The van der Waals surface area contributed by atoms with Crippen molar-refractivity contribution in [2.45, 2.75) is 0 Å². The molecule has 58 heavy (non-hydrogen) atoms. The molecule has 0 spiro atoms. The Morgan fingerprint density at radius 3 is 1.66 bits per heavy atom. The summed E-state index contributed by atoms with van der Waals surface area (Å²) >= 11 is 0. The molecular weight excluding hydrogens is 711 g/mol. The standard InChI is InChI=1S/C53H31N3O2/c1-3-12-32(13-4-1)34-22-23-36-29-38(25-24-35(36)28-34)51-54-52(43-19-11-21-47-49(43)42-18-9-10-20-46(42)57-47)56-53(55-51)45-31-44-40-27-26-37(33-14-5-2-6-15-33)30-48(40)58-50(44)41-17-8-7-16-39(41)45/h1-31H. The molecule has 0 radical (unpaired) electrons. The number of hydrogen-bond acceptors (Lipinski definition) is 5. The van der Waals surface area contributed by atoms with Crippen LogP contribution in [0.25, 0.3) is 122 Å². The molecule has 3 aromatic heterocycles. The van der Waals surface area contributed by atoms with E-state index in [4.69, 9.17) is 23.8 Å². The third kappa shape index (κ3) is 5.21. The lowest BCUT2D eigenvalue weighted by atomic mass is 9.98. The van der Waals surface area contributed by atoms with Gasteiger partial charge in [-0.2, -0.15) is 0 Å². The van der Waals surface area contributed by atoms with E-state index in [9.17, 15) is 0 Å². The Hall–Kier alpha value is -7.89. The number of aromatic nitrogens is 3. The highest BCUT2D eigenvalue weighted by Gasteiger charge is 2.21. The highest BCUT2D eigenvalue weighted by atomic mass is 16.3. The van der Waals surface area contributed by atoms with E-state index < -0.39 is 0 Å². The lowest BCUT2D eigenvalue weighted by molar-refractivity contribution is 0.669. The number of fused-ring (bicyclic) bond motifs is 9. The number of hydrogen-bond donors (Lipinski definition) is 0. The molecule has 0 amide bonds. The largest absolute Gasteiger partial charge is 0.456 e. The zero-order chi connectivity index (χ0) is 38.2. The van der Waals surface area contributed by atoms with Gasteiger partial charge >= 0.3 is 0 Å². The summed E-state index contributed by atoms with van der Waals surface area (Å²) in [5.74, 6) is 1.75. The van der Waals surface area contributed by atoms with Crippen LogP contribution >= 0.6 is 0 Å². The maximum Gasteiger partial charge on any atom is 0.164 e. The molecule has 0 fully saturated rings. The maximum absolute atomic E-state index is 6.70. The summed E-state index contributed by atoms with van der Waals surface area (Å²) in [6.07, 6.45) is 0. The molecule has 5 nitrogen and oxygen atoms in total. The van der Waals surface area contributed by atoms with Crippen LogP contribution in [-0.4, -0.2) is 15.0 Å². The van der Waals surface area contributed by atoms with Gasteiger partial charge in [-0.3, -0.25) is 0 Å². The summed E-state index contributed by atoms with van der Waals surface area (Å²) in [6, 6.07) is 65.1. The van der Waals surface area contributed by atoms with Crippen molar-refractivity contribution < 1.29 is 8.83 Å². The van der Waals surface area contributed by atoms with Crippen LogP contribution in [0.15, 0.2) is 197 Å². The van der Waals surface area contributed by atoms with Crippen molar-refractivity contribution in [3.63, 3.8) is 0 Å². The molecule has 0 bridgehead atoms. The Labute approximate surface area is 332 Å². The smallest absolute Gasteiger partial charge is 0.164 e. The topological polar surface area (TPSA) is 65.0 Å². The first-order chi connectivity index (χ1) is 28.7. The van der Waals surface area contributed by atoms with Crippen LogP contribution in [0, 0.1) is 0 Å². The molecule has 0 N–H and O–H groups in total. The number of para-hydroxylation sites is 1. The van der Waals surface area contributed by atoms with Gasteiger partial charge in [-0.15, -0.1) is 0 Å². The van der Waals surface area contributed by atoms with Crippen molar-refractivity contribution in [1.29, 1.82) is 0 Å². The Morgan fingerprint density at radius 2 is 0.879 bits per heavy atom. The monoisotopic (exact) mass is 741 g/mol. The molecule has 0 unspecified atom stereocenters. The van der Waals surface area contributed by atoms with Crippen LogP contribution in [0.1, 0.15) is 0 Å². The lowest BCUT2D eigenvalue weighted by Gasteiger charge is -2.12. The van der Waals surface area contributed by atoms with Crippen LogP contribution in [-0.2, 0) is 0 Å². The van der Waals surface area contributed by atoms with Crippen LogP contribution < -0.4 is 0 Å². The number of furan rings is 2. The van der Waals surface area contributed by atoms with Crippen LogP contribution in [0.5, 0.6) is 0 Å². The predicted molar refractivity (Wildman–Crippen MR) is 237 cm³/mol. The van der Waals surface area contributed by atoms with Crippen LogP contribution in [0.2, 0.25) is 0 Å². The van der Waals surface area contributed by atoms with Gasteiger partial charge < -0.3 is 8.83 Å². The summed E-state index contributed by atoms with van der Waals surface area (Å²) in [4.78, 5) is 15.9. The average Bonchev–Trinajstić information content (AvgIpc) is 3.87. The summed E-state index contributed by atoms with van der Waals surface area (Å²) in [6.45, 7) is 0. The Balaban J connectivity index is 1.09. The molecule has 12 aromatic rings. The van der Waals surface area contributed by atoms with Gasteiger partial charge in [0.25, 0.3) is 0 Å². The summed E-state index contributed by atoms with van der Waals surface area (Å²) in [7, 11) is 0. The fourth-order valence-corrected chi connectivity index (χ4v) is 8.50. The van der Waals surface area contributed by atoms with Crippen molar-refractivity contribution in [3.05, 3.63) is 188 Å². The van der Waals surface area contributed by atoms with E-state index >= 15 is 0 Å². The molecule has 0 saturated heterocycles. The SMILES string of the molecule is c1ccc(-c2ccc3cc(-c4nc(-c5cc6c7ccc(-c8ccccc8)cc7oc6c6ccccc56)nc(-c5cccc6oc7ccccc7c56)n4)ccc3c2)cc1. The quantitative estimate of drug-likeness (QED) is 0.176. The zero-order valence-electron chi connectivity index (χ0n) is 31.1. The molecule has 0 aliphatic heterocycles. The van der Waals surface area contributed by atoms with Gasteiger partial charge in [0.1, 0.15) is 22.3 Å². The van der Waals surface area contributed by atoms with Crippen molar-refractivity contribution >= 4 is 65.4 Å². The summed E-state index contributed by atoms with van der Waals surface area (Å²) in [5.41, 5.74) is 10.6. The van der Waals surface area contributed by atoms with E-state index in [0.29, 0.717) is 17.5 Å². The minimum atomic E-state index is 0.574. The van der Waals surface area contributed by atoms with Gasteiger partial charge in [-0.1, -0.05) is 146 Å². The van der Waals surface area contributed by atoms with Gasteiger partial charge in [-0.05, 0) is 80.9 Å². The minimum Gasteiger partial charge on any atom is -0.456 e. The van der Waals surface area contributed by atoms with Gasteiger partial charge in [0.05, 0.1) is 0 Å². The molecule has 0 aliphatic rings. The highest BCUT2D eigenvalue weighted by molar-refractivity contribution is 6.19. The predicted octanol–water partition coefficient (Wildman–Crippen LogP) is 14.3. The molecule has 9 aromatic carbocycles. The molecule has 0 aliphatic carbocycles. The molecule has 0 saturated carbocycles. The third-order valence-electron chi connectivity index (χ3n) is 11.3. The molecule has 0 atom stereocenters. The van der Waals surface area contributed by atoms with Crippen LogP contribution in [0.4, 0.5) is 0 Å². The van der Waals surface area contributed by atoms with Gasteiger partial charge in [0.2, 0.25) is 0 Å². The summed E-state index contributed by atoms with van der Waals surface area (Å²) in [5, 5.41) is 8.29. The second-order valence-electron chi connectivity index (χ2n) is 14.8. The third-order valence-corrected chi connectivity index (χ3v) is 11.3. The van der Waals surface area contributed by atoms with E-state index in [1.165, 1.54) is 11.1 Å². The van der Waals surface area contributed by atoms with Crippen molar-refractivity contribution in [2.24, 2.45) is 0 Å². The van der Waals surface area contributed by atoms with E-state index in [1.54, 1.807) is 0 Å². The molecule has 12 rings (SSSR count). The van der Waals surface area contributed by atoms with E-state index in [2.05, 4.69) is 146 Å². The maximum atomic E-state index is 6.70. The van der Waals surface area contributed by atoms with Crippen molar-refractivity contribution in [1.82, 2.24) is 15.0 Å². The normalized spacial score (nSPS) is 11.8. The Bertz CT molecular complexity index is 3570. The molecule has 270 valence electrons. The second-order valence-corrected chi connectivity index (χ2v) is 14.8. The fraction of sp³-hybridized carbons (Fsp3) is 0. The first kappa shape index (κ1) is 32.4. The van der Waals surface area contributed by atoms with Crippen molar-refractivity contribution in [2.75, 3.05) is 0 Å². The molecular formula is C53H31N3O2. The lowest BCUT2D eigenvalue weighted by Crippen LogP contribution is -2.01. The zero-order valence-corrected chi connectivity index (χ0v) is 31.1. The minimum absolute atomic E-state index is 0.574. The number of rotatable bonds is 5. The number of nitrogens with zero attached hydrogens (tertiary/aromatic N) is 3. The fourth-order valence-electron chi connectivity index (χ4n) is 8.50. The first-order valence-corrected chi connectivity index (χ1v) is 19.4. The van der Waals surface area contributed by atoms with Crippen LogP contribution in [0.3, 0.4) is 0 Å². The Kier molecular flexibility index (Phi) is 7.16. The number of benzene rings is 9. The molecule has 3 heterocycles. The second kappa shape index (κ2) is 12.8. The summed E-state index contributed by atoms with van der Waals surface area (Å²) < 4.78 is 13.0. The first-order valence-electron chi connectivity index (χ1n) is 19.4. The molecule has 5 heteroatoms.